The predicted octanol–water partition coefficient (Wildman–Crippen LogP) is 3.17. The van der Waals surface area contributed by atoms with Gasteiger partial charge in [0.1, 0.15) is 0 Å². The maximum Gasteiger partial charge on any atom is 0.227 e. The number of nitrogens with one attached hydrogen (secondary N) is 1. The quantitative estimate of drug-likeness (QED) is 0.832. The van der Waals surface area contributed by atoms with Gasteiger partial charge in [-0.3, -0.25) is 4.79 Å². The molecule has 0 aliphatic carbocycles. The number of rotatable bonds is 6. The second-order valence-electron chi connectivity index (χ2n) is 8.42. The lowest BCUT2D eigenvalue weighted by Crippen LogP contribution is -2.48. The minimum Gasteiger partial charge on any atom is -0.393 e. The lowest BCUT2D eigenvalue weighted by molar-refractivity contribution is -0.140. The molecule has 0 spiro atoms. The number of aliphatic hydroxyl groups excluding tert-OH is 1. The summed E-state index contributed by atoms with van der Waals surface area (Å²) in [6, 6.07) is 10.9. The van der Waals surface area contributed by atoms with Crippen LogP contribution >= 0.6 is 0 Å². The normalized spacial score (nSPS) is 18.8. The zero-order chi connectivity index (χ0) is 18.4. The lowest BCUT2D eigenvalue weighted by atomic mass is 9.91. The summed E-state index contributed by atoms with van der Waals surface area (Å²) in [7, 11) is 0. The Morgan fingerprint density at radius 2 is 1.84 bits per heavy atom. The van der Waals surface area contributed by atoms with Crippen LogP contribution in [0.4, 0.5) is 0 Å². The molecule has 2 rings (SSSR count). The van der Waals surface area contributed by atoms with Crippen molar-refractivity contribution >= 4 is 5.91 Å². The molecule has 1 aliphatic heterocycles. The molecule has 1 fully saturated rings. The Morgan fingerprint density at radius 3 is 2.36 bits per heavy atom. The van der Waals surface area contributed by atoms with Crippen molar-refractivity contribution in [1.82, 2.24) is 10.2 Å². The number of benzene rings is 1. The van der Waals surface area contributed by atoms with Gasteiger partial charge in [0.2, 0.25) is 5.91 Å². The number of piperidine rings is 1. The van der Waals surface area contributed by atoms with E-state index in [2.05, 4.69) is 29.6 Å². The zero-order valence-corrected chi connectivity index (χ0v) is 16.2. The topological polar surface area (TPSA) is 52.6 Å². The summed E-state index contributed by atoms with van der Waals surface area (Å²) in [5, 5.41) is 13.5. The van der Waals surface area contributed by atoms with Gasteiger partial charge in [-0.05, 0) is 37.7 Å². The van der Waals surface area contributed by atoms with Gasteiger partial charge in [-0.15, -0.1) is 0 Å². The number of amides is 1. The highest BCUT2D eigenvalue weighted by Gasteiger charge is 2.30. The highest BCUT2D eigenvalue weighted by Crippen LogP contribution is 2.23. The molecule has 0 bridgehead atoms. The van der Waals surface area contributed by atoms with Crippen LogP contribution in [0.3, 0.4) is 0 Å². The Kier molecular flexibility index (Phi) is 7.03. The van der Waals surface area contributed by atoms with Gasteiger partial charge in [0.05, 0.1) is 6.10 Å². The van der Waals surface area contributed by atoms with Crippen molar-refractivity contribution in [3.05, 3.63) is 35.9 Å². The number of hydrogen-bond donors (Lipinski definition) is 2. The molecular weight excluding hydrogens is 312 g/mol. The van der Waals surface area contributed by atoms with E-state index in [0.717, 1.165) is 38.9 Å². The van der Waals surface area contributed by atoms with Gasteiger partial charge in [0.15, 0.2) is 0 Å². The first-order valence-electron chi connectivity index (χ1n) is 9.53. The lowest BCUT2D eigenvalue weighted by Gasteiger charge is -2.36. The molecule has 2 atom stereocenters. The molecule has 1 amide bonds. The minimum atomic E-state index is -0.307. The molecule has 25 heavy (non-hydrogen) atoms. The molecule has 140 valence electrons. The van der Waals surface area contributed by atoms with Crippen molar-refractivity contribution in [1.29, 1.82) is 0 Å². The fourth-order valence-corrected chi connectivity index (χ4v) is 3.54. The first kappa shape index (κ1) is 19.9. The van der Waals surface area contributed by atoms with Gasteiger partial charge in [0, 0.05) is 31.1 Å². The molecule has 2 unspecified atom stereocenters. The van der Waals surface area contributed by atoms with E-state index < -0.39 is 0 Å². The highest BCUT2D eigenvalue weighted by molar-refractivity contribution is 5.81. The first-order valence-corrected chi connectivity index (χ1v) is 9.53. The van der Waals surface area contributed by atoms with E-state index in [1.165, 1.54) is 5.56 Å². The van der Waals surface area contributed by atoms with Crippen LogP contribution in [0.1, 0.15) is 58.4 Å². The second-order valence-corrected chi connectivity index (χ2v) is 8.42. The molecule has 1 aromatic carbocycles. The Morgan fingerprint density at radius 1 is 1.24 bits per heavy atom. The van der Waals surface area contributed by atoms with Crippen molar-refractivity contribution in [2.24, 2.45) is 5.41 Å². The number of nitrogens with zero attached hydrogens (tertiary/aromatic N) is 1. The third-order valence-electron chi connectivity index (χ3n) is 4.97. The Labute approximate surface area is 152 Å². The van der Waals surface area contributed by atoms with Crippen LogP contribution in [-0.4, -0.2) is 47.7 Å². The number of carbonyl (C=O) groups is 1. The van der Waals surface area contributed by atoms with Crippen molar-refractivity contribution in [3.63, 3.8) is 0 Å². The molecule has 1 aliphatic rings. The molecule has 4 nitrogen and oxygen atoms in total. The van der Waals surface area contributed by atoms with Crippen LogP contribution in [0.2, 0.25) is 0 Å². The molecule has 1 heterocycles. The molecule has 0 saturated carbocycles. The Balaban J connectivity index is 1.85. The van der Waals surface area contributed by atoms with Crippen LogP contribution in [0.15, 0.2) is 30.3 Å². The van der Waals surface area contributed by atoms with Gasteiger partial charge in [-0.1, -0.05) is 51.1 Å². The predicted molar refractivity (Wildman–Crippen MR) is 103 cm³/mol. The Bertz CT molecular complexity index is 529. The number of carbonyl (C=O) groups excluding carboxylic acids is 1. The molecule has 2 N–H and O–H groups in total. The third-order valence-corrected chi connectivity index (χ3v) is 4.97. The molecular formula is C21H34N2O2. The van der Waals surface area contributed by atoms with E-state index >= 15 is 0 Å². The SMILES string of the molecule is CC(O)CC(CNC1CCN(C(=O)C(C)(C)C)CC1)c1ccccc1. The molecule has 0 radical (unpaired) electrons. The smallest absolute Gasteiger partial charge is 0.227 e. The van der Waals surface area contributed by atoms with Gasteiger partial charge in [-0.25, -0.2) is 0 Å². The van der Waals surface area contributed by atoms with Gasteiger partial charge >= 0.3 is 0 Å². The summed E-state index contributed by atoms with van der Waals surface area (Å²) in [5.41, 5.74) is 0.979. The van der Waals surface area contributed by atoms with Gasteiger partial charge in [0.25, 0.3) is 0 Å². The Hall–Kier alpha value is -1.39. The summed E-state index contributed by atoms with van der Waals surface area (Å²) < 4.78 is 0. The zero-order valence-electron chi connectivity index (χ0n) is 16.2. The van der Waals surface area contributed by atoms with E-state index in [-0.39, 0.29) is 17.4 Å². The van der Waals surface area contributed by atoms with Gasteiger partial charge in [-0.2, -0.15) is 0 Å². The number of aliphatic hydroxyl groups is 1. The fraction of sp³-hybridized carbons (Fsp3) is 0.667. The number of likely N-dealkylation sites (tertiary alicyclic amines) is 1. The average Bonchev–Trinajstić information content (AvgIpc) is 2.58. The van der Waals surface area contributed by atoms with Crippen LogP contribution in [0, 0.1) is 5.41 Å². The van der Waals surface area contributed by atoms with Crippen molar-refractivity contribution < 1.29 is 9.90 Å². The van der Waals surface area contributed by atoms with E-state index in [9.17, 15) is 9.90 Å². The van der Waals surface area contributed by atoms with Crippen molar-refractivity contribution in [2.75, 3.05) is 19.6 Å². The monoisotopic (exact) mass is 346 g/mol. The fourth-order valence-electron chi connectivity index (χ4n) is 3.54. The first-order chi connectivity index (χ1) is 11.8. The van der Waals surface area contributed by atoms with Gasteiger partial charge < -0.3 is 15.3 Å². The molecule has 1 saturated heterocycles. The second kappa shape index (κ2) is 8.81. The van der Waals surface area contributed by atoms with E-state index in [0.29, 0.717) is 12.0 Å². The summed E-state index contributed by atoms with van der Waals surface area (Å²) in [4.78, 5) is 14.4. The average molecular weight is 347 g/mol. The summed E-state index contributed by atoms with van der Waals surface area (Å²) >= 11 is 0. The minimum absolute atomic E-state index is 0.252. The summed E-state index contributed by atoms with van der Waals surface area (Å²) in [6.07, 6.45) is 2.45. The van der Waals surface area contributed by atoms with Crippen LogP contribution in [0.5, 0.6) is 0 Å². The van der Waals surface area contributed by atoms with Crippen LogP contribution < -0.4 is 5.32 Å². The number of hydrogen-bond acceptors (Lipinski definition) is 3. The largest absolute Gasteiger partial charge is 0.393 e. The molecule has 4 heteroatoms. The van der Waals surface area contributed by atoms with Crippen LogP contribution in [-0.2, 0) is 4.79 Å². The maximum absolute atomic E-state index is 12.4. The molecule has 1 aromatic rings. The maximum atomic E-state index is 12.4. The van der Waals surface area contributed by atoms with Crippen LogP contribution in [0.25, 0.3) is 0 Å². The van der Waals surface area contributed by atoms with Crippen molar-refractivity contribution in [3.8, 4) is 0 Å². The van der Waals surface area contributed by atoms with Crippen molar-refractivity contribution in [2.45, 2.75) is 65.0 Å². The standard InChI is InChI=1S/C21H34N2O2/c1-16(24)14-18(17-8-6-5-7-9-17)15-22-19-10-12-23(13-11-19)20(25)21(2,3)4/h5-9,16,18-19,22,24H,10-15H2,1-4H3. The van der Waals surface area contributed by atoms with E-state index in [1.807, 2.05) is 38.7 Å². The highest BCUT2D eigenvalue weighted by atomic mass is 16.3. The van der Waals surface area contributed by atoms with E-state index in [4.69, 9.17) is 0 Å². The summed E-state index contributed by atoms with van der Waals surface area (Å²) in [5.74, 6) is 0.567. The van der Waals surface area contributed by atoms with E-state index in [1.54, 1.807) is 0 Å². The summed E-state index contributed by atoms with van der Waals surface area (Å²) in [6.45, 7) is 10.3. The third kappa shape index (κ3) is 6.12. The molecule has 0 aromatic heterocycles.